The van der Waals surface area contributed by atoms with Gasteiger partial charge in [0.15, 0.2) is 0 Å². The van der Waals surface area contributed by atoms with E-state index in [0.717, 1.165) is 41.4 Å². The Hall–Kier alpha value is -0.630. The molecule has 1 heterocycles. The van der Waals surface area contributed by atoms with Gasteiger partial charge in [-0.15, -0.1) is 23.5 Å². The van der Waals surface area contributed by atoms with E-state index in [2.05, 4.69) is 12.1 Å². The molecule has 0 spiro atoms. The zero-order valence-corrected chi connectivity index (χ0v) is 11.4. The molecule has 0 saturated carbocycles. The van der Waals surface area contributed by atoms with Crippen molar-refractivity contribution in [2.45, 2.75) is 27.9 Å². The van der Waals surface area contributed by atoms with E-state index in [1.807, 2.05) is 30.2 Å². The van der Waals surface area contributed by atoms with Crippen LogP contribution in [0.3, 0.4) is 0 Å². The molecule has 1 aliphatic heterocycles. The van der Waals surface area contributed by atoms with E-state index in [9.17, 15) is 5.26 Å². The van der Waals surface area contributed by atoms with E-state index in [4.69, 9.17) is 4.74 Å². The first-order valence-corrected chi connectivity index (χ1v) is 7.77. The highest BCUT2D eigenvalue weighted by Crippen LogP contribution is 2.35. The van der Waals surface area contributed by atoms with Crippen LogP contribution in [0.25, 0.3) is 0 Å². The van der Waals surface area contributed by atoms with Crippen LogP contribution < -0.4 is 0 Å². The zero-order chi connectivity index (χ0) is 12.1. The lowest BCUT2D eigenvalue weighted by Crippen LogP contribution is -2.17. The van der Waals surface area contributed by atoms with Crippen LogP contribution in [-0.2, 0) is 4.74 Å². The van der Waals surface area contributed by atoms with Crippen LogP contribution in [0.15, 0.2) is 28.0 Å². The van der Waals surface area contributed by atoms with Crippen LogP contribution in [0, 0.1) is 11.3 Å². The molecule has 0 amide bonds. The fraction of sp³-hybridized carbons (Fsp3) is 0.462. The normalized spacial score (nSPS) is 16.7. The third-order valence-electron chi connectivity index (χ3n) is 2.78. The van der Waals surface area contributed by atoms with Crippen LogP contribution in [0.2, 0.25) is 0 Å². The molecule has 0 aromatic heterocycles. The predicted molar refractivity (Wildman–Crippen MR) is 72.6 cm³/mol. The zero-order valence-electron chi connectivity index (χ0n) is 9.81. The molecule has 0 radical (unpaired) electrons. The van der Waals surface area contributed by atoms with Crippen LogP contribution in [0.5, 0.6) is 0 Å². The Bertz CT molecular complexity index is 422. The van der Waals surface area contributed by atoms with Crippen molar-refractivity contribution >= 4 is 23.5 Å². The van der Waals surface area contributed by atoms with Crippen LogP contribution in [0.1, 0.15) is 18.4 Å². The molecule has 2 nitrogen and oxygen atoms in total. The van der Waals surface area contributed by atoms with Gasteiger partial charge < -0.3 is 4.74 Å². The molecule has 2 rings (SSSR count). The van der Waals surface area contributed by atoms with Gasteiger partial charge in [0.25, 0.3) is 0 Å². The average molecular weight is 265 g/mol. The maximum Gasteiger partial charge on any atom is 0.101 e. The Labute approximate surface area is 111 Å². The second-order valence-electron chi connectivity index (χ2n) is 3.87. The monoisotopic (exact) mass is 265 g/mol. The second kappa shape index (κ2) is 6.34. The number of nitriles is 1. The molecule has 17 heavy (non-hydrogen) atoms. The number of nitrogens with zero attached hydrogens (tertiary/aromatic N) is 1. The van der Waals surface area contributed by atoms with Crippen LogP contribution >= 0.6 is 23.5 Å². The van der Waals surface area contributed by atoms with E-state index in [1.54, 1.807) is 11.8 Å². The third kappa shape index (κ3) is 3.19. The summed E-state index contributed by atoms with van der Waals surface area (Å²) in [5.41, 5.74) is 0.830. The lowest BCUT2D eigenvalue weighted by Gasteiger charge is -2.22. The molecule has 1 saturated heterocycles. The molecule has 4 heteroatoms. The molecule has 90 valence electrons. The molecule has 1 aromatic rings. The topological polar surface area (TPSA) is 33.0 Å². The van der Waals surface area contributed by atoms with Crippen molar-refractivity contribution in [1.82, 2.24) is 0 Å². The summed E-state index contributed by atoms with van der Waals surface area (Å²) in [6.07, 6.45) is 4.18. The van der Waals surface area contributed by atoms with Crippen molar-refractivity contribution in [3.05, 3.63) is 23.8 Å². The van der Waals surface area contributed by atoms with Crippen molar-refractivity contribution in [2.75, 3.05) is 19.5 Å². The quantitative estimate of drug-likeness (QED) is 0.782. The van der Waals surface area contributed by atoms with Crippen molar-refractivity contribution in [2.24, 2.45) is 0 Å². The van der Waals surface area contributed by atoms with Crippen molar-refractivity contribution in [1.29, 1.82) is 5.26 Å². The predicted octanol–water partition coefficient (Wildman–Crippen LogP) is 3.55. The summed E-state index contributed by atoms with van der Waals surface area (Å²) in [5.74, 6) is 0. The van der Waals surface area contributed by atoms with E-state index >= 15 is 0 Å². The first-order chi connectivity index (χ1) is 8.35. The molecule has 1 fully saturated rings. The Kier molecular flexibility index (Phi) is 4.78. The van der Waals surface area contributed by atoms with Gasteiger partial charge in [-0.05, 0) is 31.2 Å². The molecule has 1 aliphatic rings. The summed E-state index contributed by atoms with van der Waals surface area (Å²) in [7, 11) is 0. The van der Waals surface area contributed by atoms with Gasteiger partial charge in [0.1, 0.15) is 6.07 Å². The number of hydrogen-bond acceptors (Lipinski definition) is 4. The van der Waals surface area contributed by atoms with Gasteiger partial charge >= 0.3 is 0 Å². The maximum atomic E-state index is 9.26. The van der Waals surface area contributed by atoms with E-state index in [0.29, 0.717) is 5.25 Å². The summed E-state index contributed by atoms with van der Waals surface area (Å²) >= 11 is 3.47. The lowest BCUT2D eigenvalue weighted by molar-refractivity contribution is 0.100. The summed E-state index contributed by atoms with van der Waals surface area (Å²) in [5, 5.41) is 9.85. The molecule has 0 aliphatic carbocycles. The summed E-state index contributed by atoms with van der Waals surface area (Å²) in [4.78, 5) is 2.19. The third-order valence-corrected chi connectivity index (χ3v) is 4.96. The highest BCUT2D eigenvalue weighted by molar-refractivity contribution is 8.00. The second-order valence-corrected chi connectivity index (χ2v) is 6.07. The Balaban J connectivity index is 2.17. The fourth-order valence-electron chi connectivity index (χ4n) is 1.86. The SMILES string of the molecule is CSc1cccc(SC2CCOCC2)c1C#N. The van der Waals surface area contributed by atoms with Gasteiger partial charge in [-0.3, -0.25) is 0 Å². The molecule has 0 atom stereocenters. The van der Waals surface area contributed by atoms with Gasteiger partial charge in [-0.1, -0.05) is 6.07 Å². The van der Waals surface area contributed by atoms with E-state index < -0.39 is 0 Å². The van der Waals surface area contributed by atoms with Crippen molar-refractivity contribution < 1.29 is 4.74 Å². The number of hydrogen-bond donors (Lipinski definition) is 0. The summed E-state index contributed by atoms with van der Waals surface area (Å²) in [6, 6.07) is 8.43. The number of thioether (sulfide) groups is 2. The first kappa shape index (κ1) is 12.8. The van der Waals surface area contributed by atoms with Crippen LogP contribution in [0.4, 0.5) is 0 Å². The highest BCUT2D eigenvalue weighted by Gasteiger charge is 2.17. The number of ether oxygens (including phenoxy) is 1. The summed E-state index contributed by atoms with van der Waals surface area (Å²) in [6.45, 7) is 1.70. The molecule has 0 bridgehead atoms. The standard InChI is InChI=1S/C13H15NOS2/c1-16-12-3-2-4-13(11(12)9-14)17-10-5-7-15-8-6-10/h2-4,10H,5-8H2,1H3. The first-order valence-electron chi connectivity index (χ1n) is 5.66. The van der Waals surface area contributed by atoms with Crippen molar-refractivity contribution in [3.63, 3.8) is 0 Å². The Morgan fingerprint density at radius 2 is 2.00 bits per heavy atom. The molecular formula is C13H15NOS2. The van der Waals surface area contributed by atoms with Gasteiger partial charge in [-0.2, -0.15) is 5.26 Å². The molecule has 0 unspecified atom stereocenters. The van der Waals surface area contributed by atoms with Crippen molar-refractivity contribution in [3.8, 4) is 6.07 Å². The minimum absolute atomic E-state index is 0.591. The van der Waals surface area contributed by atoms with Gasteiger partial charge in [0, 0.05) is 28.3 Å². The summed E-state index contributed by atoms with van der Waals surface area (Å²) < 4.78 is 5.36. The minimum Gasteiger partial charge on any atom is -0.381 e. The average Bonchev–Trinajstić information content (AvgIpc) is 2.39. The largest absolute Gasteiger partial charge is 0.381 e. The Morgan fingerprint density at radius 3 is 2.65 bits per heavy atom. The van der Waals surface area contributed by atoms with E-state index in [1.165, 1.54) is 0 Å². The number of benzene rings is 1. The fourth-order valence-corrected chi connectivity index (χ4v) is 3.72. The van der Waals surface area contributed by atoms with E-state index in [-0.39, 0.29) is 0 Å². The molecule has 1 aromatic carbocycles. The smallest absolute Gasteiger partial charge is 0.101 e. The van der Waals surface area contributed by atoms with Gasteiger partial charge in [0.05, 0.1) is 5.56 Å². The molecular weight excluding hydrogens is 250 g/mol. The minimum atomic E-state index is 0.591. The number of rotatable bonds is 3. The Morgan fingerprint density at radius 1 is 1.29 bits per heavy atom. The highest BCUT2D eigenvalue weighted by atomic mass is 32.2. The molecule has 0 N–H and O–H groups in total. The van der Waals surface area contributed by atoms with Crippen LogP contribution in [-0.4, -0.2) is 24.7 Å². The maximum absolute atomic E-state index is 9.26. The van der Waals surface area contributed by atoms with Gasteiger partial charge in [-0.25, -0.2) is 0 Å². The van der Waals surface area contributed by atoms with Gasteiger partial charge in [0.2, 0.25) is 0 Å². The lowest BCUT2D eigenvalue weighted by atomic mass is 10.2.